The highest BCUT2D eigenvalue weighted by atomic mass is 32.1. The maximum atomic E-state index is 5.95. The average molecular weight is 273 g/mol. The number of rotatable bonds is 4. The topological polar surface area (TPSA) is 21.3 Å². The van der Waals surface area contributed by atoms with Crippen LogP contribution in [0.4, 0.5) is 0 Å². The molecular weight excluding hydrogens is 254 g/mol. The van der Waals surface area contributed by atoms with Gasteiger partial charge in [-0.1, -0.05) is 17.7 Å². The van der Waals surface area contributed by atoms with Crippen molar-refractivity contribution in [3.63, 3.8) is 0 Å². The summed E-state index contributed by atoms with van der Waals surface area (Å²) < 4.78 is 5.95. The number of aryl methyl sites for hydroxylation is 2. The molecule has 0 bridgehead atoms. The Morgan fingerprint density at radius 2 is 2.16 bits per heavy atom. The van der Waals surface area contributed by atoms with Crippen molar-refractivity contribution in [3.8, 4) is 5.75 Å². The Bertz CT molecular complexity index is 576. The first kappa shape index (κ1) is 12.7. The molecule has 1 unspecified atom stereocenters. The summed E-state index contributed by atoms with van der Waals surface area (Å²) in [5, 5.41) is 3.49. The minimum Gasteiger partial charge on any atom is -0.488 e. The fourth-order valence-corrected chi connectivity index (χ4v) is 3.36. The summed E-state index contributed by atoms with van der Waals surface area (Å²) in [5.74, 6) is 1.06. The lowest BCUT2D eigenvalue weighted by molar-refractivity contribution is 0.227. The van der Waals surface area contributed by atoms with Crippen molar-refractivity contribution in [1.29, 1.82) is 0 Å². The zero-order valence-electron chi connectivity index (χ0n) is 11.4. The minimum atomic E-state index is 0.276. The van der Waals surface area contributed by atoms with Crippen molar-refractivity contribution < 1.29 is 4.74 Å². The Balaban J connectivity index is 1.51. The molecule has 3 heteroatoms. The third-order valence-corrected chi connectivity index (χ3v) is 4.43. The van der Waals surface area contributed by atoms with Crippen LogP contribution in [0, 0.1) is 13.8 Å². The second kappa shape index (κ2) is 5.35. The molecule has 1 N–H and O–H groups in total. The van der Waals surface area contributed by atoms with Crippen LogP contribution in [0.1, 0.15) is 20.9 Å². The lowest BCUT2D eigenvalue weighted by Crippen LogP contribution is -2.29. The molecular formula is C16H19NOS. The van der Waals surface area contributed by atoms with Gasteiger partial charge in [0.2, 0.25) is 0 Å². The van der Waals surface area contributed by atoms with Crippen LogP contribution in [-0.2, 0) is 13.0 Å². The SMILES string of the molecule is Cc1ccc2c(c1)CC(CNCc1ccc(C)s1)O2. The van der Waals surface area contributed by atoms with Crippen LogP contribution in [0.2, 0.25) is 0 Å². The molecule has 1 aliphatic rings. The van der Waals surface area contributed by atoms with Gasteiger partial charge in [-0.3, -0.25) is 0 Å². The second-order valence-corrected chi connectivity index (χ2v) is 6.57. The van der Waals surface area contributed by atoms with Gasteiger partial charge in [0.05, 0.1) is 0 Å². The van der Waals surface area contributed by atoms with E-state index in [1.54, 1.807) is 0 Å². The van der Waals surface area contributed by atoms with E-state index >= 15 is 0 Å². The van der Waals surface area contributed by atoms with Crippen molar-refractivity contribution >= 4 is 11.3 Å². The molecule has 2 heterocycles. The van der Waals surface area contributed by atoms with Gasteiger partial charge in [0.1, 0.15) is 11.9 Å². The van der Waals surface area contributed by atoms with E-state index in [1.807, 2.05) is 11.3 Å². The van der Waals surface area contributed by atoms with Gasteiger partial charge in [0, 0.05) is 29.3 Å². The number of ether oxygens (including phenoxy) is 1. The standard InChI is InChI=1S/C16H19NOS/c1-11-3-6-16-13(7-11)8-14(18-16)9-17-10-15-5-4-12(2)19-15/h3-7,14,17H,8-10H2,1-2H3. The summed E-state index contributed by atoms with van der Waals surface area (Å²) in [7, 11) is 0. The Labute approximate surface area is 118 Å². The van der Waals surface area contributed by atoms with Gasteiger partial charge >= 0.3 is 0 Å². The van der Waals surface area contributed by atoms with Gasteiger partial charge in [-0.2, -0.15) is 0 Å². The first-order chi connectivity index (χ1) is 9.20. The maximum absolute atomic E-state index is 5.95. The highest BCUT2D eigenvalue weighted by Gasteiger charge is 2.22. The lowest BCUT2D eigenvalue weighted by atomic mass is 10.1. The van der Waals surface area contributed by atoms with E-state index in [2.05, 4.69) is 49.5 Å². The van der Waals surface area contributed by atoms with Crippen molar-refractivity contribution in [2.24, 2.45) is 0 Å². The molecule has 1 aliphatic heterocycles. The maximum Gasteiger partial charge on any atom is 0.123 e. The molecule has 100 valence electrons. The van der Waals surface area contributed by atoms with Crippen molar-refractivity contribution in [3.05, 3.63) is 51.2 Å². The number of fused-ring (bicyclic) bond motifs is 1. The molecule has 2 nitrogen and oxygen atoms in total. The summed E-state index contributed by atoms with van der Waals surface area (Å²) in [6.07, 6.45) is 1.30. The quantitative estimate of drug-likeness (QED) is 0.921. The smallest absolute Gasteiger partial charge is 0.123 e. The van der Waals surface area contributed by atoms with Gasteiger partial charge in [0.25, 0.3) is 0 Å². The van der Waals surface area contributed by atoms with E-state index in [0.717, 1.165) is 25.3 Å². The lowest BCUT2D eigenvalue weighted by Gasteiger charge is -2.11. The molecule has 0 saturated carbocycles. The number of benzene rings is 1. The zero-order chi connectivity index (χ0) is 13.2. The molecule has 3 rings (SSSR count). The van der Waals surface area contributed by atoms with Gasteiger partial charge < -0.3 is 10.1 Å². The first-order valence-electron chi connectivity index (χ1n) is 6.73. The molecule has 1 atom stereocenters. The van der Waals surface area contributed by atoms with E-state index in [1.165, 1.54) is 20.9 Å². The monoisotopic (exact) mass is 273 g/mol. The number of nitrogens with one attached hydrogen (secondary N) is 1. The minimum absolute atomic E-state index is 0.276. The Morgan fingerprint density at radius 3 is 2.95 bits per heavy atom. The van der Waals surface area contributed by atoms with Crippen LogP contribution in [0.25, 0.3) is 0 Å². The van der Waals surface area contributed by atoms with Gasteiger partial charge in [-0.05, 0) is 37.6 Å². The molecule has 0 fully saturated rings. The van der Waals surface area contributed by atoms with Crippen LogP contribution in [0.15, 0.2) is 30.3 Å². The summed E-state index contributed by atoms with van der Waals surface area (Å²) in [6, 6.07) is 10.8. The summed E-state index contributed by atoms with van der Waals surface area (Å²) in [5.41, 5.74) is 2.66. The predicted molar refractivity (Wildman–Crippen MR) is 80.1 cm³/mol. The van der Waals surface area contributed by atoms with E-state index < -0.39 is 0 Å². The molecule has 0 amide bonds. The number of thiophene rings is 1. The summed E-state index contributed by atoms with van der Waals surface area (Å²) in [6.45, 7) is 6.12. The van der Waals surface area contributed by atoms with Crippen LogP contribution >= 0.6 is 11.3 Å². The van der Waals surface area contributed by atoms with E-state index in [0.29, 0.717) is 0 Å². The fraction of sp³-hybridized carbons (Fsp3) is 0.375. The first-order valence-corrected chi connectivity index (χ1v) is 7.54. The van der Waals surface area contributed by atoms with Crippen LogP contribution in [-0.4, -0.2) is 12.6 Å². The molecule has 0 aliphatic carbocycles. The van der Waals surface area contributed by atoms with Crippen molar-refractivity contribution in [2.45, 2.75) is 32.9 Å². The van der Waals surface area contributed by atoms with E-state index in [-0.39, 0.29) is 6.10 Å². The fourth-order valence-electron chi connectivity index (χ4n) is 2.50. The average Bonchev–Trinajstić information content (AvgIpc) is 2.95. The molecule has 1 aromatic carbocycles. The molecule has 0 radical (unpaired) electrons. The van der Waals surface area contributed by atoms with Crippen LogP contribution in [0.5, 0.6) is 5.75 Å². The van der Waals surface area contributed by atoms with E-state index in [9.17, 15) is 0 Å². The Hall–Kier alpha value is -1.32. The largest absolute Gasteiger partial charge is 0.488 e. The van der Waals surface area contributed by atoms with Gasteiger partial charge in [-0.15, -0.1) is 11.3 Å². The van der Waals surface area contributed by atoms with Gasteiger partial charge in [-0.25, -0.2) is 0 Å². The number of hydrogen-bond donors (Lipinski definition) is 1. The van der Waals surface area contributed by atoms with Gasteiger partial charge in [0.15, 0.2) is 0 Å². The highest BCUT2D eigenvalue weighted by Crippen LogP contribution is 2.29. The van der Waals surface area contributed by atoms with Crippen molar-refractivity contribution in [2.75, 3.05) is 6.54 Å². The molecule has 19 heavy (non-hydrogen) atoms. The summed E-state index contributed by atoms with van der Waals surface area (Å²) in [4.78, 5) is 2.76. The molecule has 1 aromatic heterocycles. The molecule has 0 spiro atoms. The highest BCUT2D eigenvalue weighted by molar-refractivity contribution is 7.11. The predicted octanol–water partition coefficient (Wildman–Crippen LogP) is 3.46. The normalized spacial score (nSPS) is 17.3. The van der Waals surface area contributed by atoms with Crippen LogP contribution < -0.4 is 10.1 Å². The zero-order valence-corrected chi connectivity index (χ0v) is 12.2. The molecule has 0 saturated heterocycles. The number of hydrogen-bond acceptors (Lipinski definition) is 3. The second-order valence-electron chi connectivity index (χ2n) is 5.20. The third kappa shape index (κ3) is 2.99. The molecule has 2 aromatic rings. The Morgan fingerprint density at radius 1 is 1.26 bits per heavy atom. The summed E-state index contributed by atoms with van der Waals surface area (Å²) >= 11 is 1.86. The Kier molecular flexibility index (Phi) is 3.58. The van der Waals surface area contributed by atoms with Crippen LogP contribution in [0.3, 0.4) is 0 Å². The van der Waals surface area contributed by atoms with E-state index in [4.69, 9.17) is 4.74 Å². The third-order valence-electron chi connectivity index (χ3n) is 3.42. The van der Waals surface area contributed by atoms with Crippen molar-refractivity contribution in [1.82, 2.24) is 5.32 Å².